The summed E-state index contributed by atoms with van der Waals surface area (Å²) >= 11 is 1.68. The second-order valence-corrected chi connectivity index (χ2v) is 4.93. The van der Waals surface area contributed by atoms with Gasteiger partial charge in [0.15, 0.2) is 0 Å². The lowest BCUT2D eigenvalue weighted by Crippen LogP contribution is -2.27. The molecule has 1 aromatic carbocycles. The van der Waals surface area contributed by atoms with Gasteiger partial charge in [-0.05, 0) is 46.5 Å². The molecule has 0 fully saturated rings. The van der Waals surface area contributed by atoms with Crippen LogP contribution in [0, 0.1) is 0 Å². The van der Waals surface area contributed by atoms with Crippen LogP contribution in [0.15, 0.2) is 41.1 Å². The number of hydrogen-bond donors (Lipinski definition) is 2. The van der Waals surface area contributed by atoms with E-state index in [1.54, 1.807) is 11.3 Å². The molecule has 4 heteroatoms. The Bertz CT molecular complexity index is 508. The molecule has 0 aliphatic heterocycles. The Hall–Kier alpha value is -1.81. The molecule has 3 N–H and O–H groups in total. The lowest BCUT2D eigenvalue weighted by molar-refractivity contribution is -0.120. The average Bonchev–Trinajstić information content (AvgIpc) is 2.82. The van der Waals surface area contributed by atoms with E-state index < -0.39 is 0 Å². The molecule has 0 saturated carbocycles. The first kappa shape index (κ1) is 12.6. The molecule has 1 heterocycles. The van der Waals surface area contributed by atoms with E-state index in [9.17, 15) is 4.79 Å². The van der Waals surface area contributed by atoms with Gasteiger partial charge in [-0.15, -0.1) is 0 Å². The Balaban J connectivity index is 1.75. The predicted octanol–water partition coefficient (Wildman–Crippen LogP) is 2.23. The second kappa shape index (κ2) is 6.21. The van der Waals surface area contributed by atoms with Crippen LogP contribution in [-0.2, 0) is 17.6 Å². The number of thiophene rings is 1. The van der Waals surface area contributed by atoms with Crippen LogP contribution in [0.2, 0.25) is 0 Å². The number of rotatable bonds is 5. The Morgan fingerprint density at radius 2 is 2.17 bits per heavy atom. The standard InChI is InChI=1S/C14H16N2OS/c15-13-3-1-2-12(8-13)9-14(17)16-6-4-11-5-7-18-10-11/h1-3,5,7-8,10H,4,6,9,15H2,(H,16,17). The van der Waals surface area contributed by atoms with Gasteiger partial charge in [-0.2, -0.15) is 11.3 Å². The Morgan fingerprint density at radius 3 is 2.89 bits per heavy atom. The van der Waals surface area contributed by atoms with Crippen molar-refractivity contribution >= 4 is 22.9 Å². The molecule has 18 heavy (non-hydrogen) atoms. The van der Waals surface area contributed by atoms with Crippen LogP contribution in [0.5, 0.6) is 0 Å². The summed E-state index contributed by atoms with van der Waals surface area (Å²) in [6.45, 7) is 0.678. The first-order valence-electron chi connectivity index (χ1n) is 5.86. The number of nitrogen functional groups attached to an aromatic ring is 1. The second-order valence-electron chi connectivity index (χ2n) is 4.15. The molecule has 1 amide bonds. The monoisotopic (exact) mass is 260 g/mol. The summed E-state index contributed by atoms with van der Waals surface area (Å²) in [6.07, 6.45) is 1.26. The molecule has 2 aromatic rings. The SMILES string of the molecule is Nc1cccc(CC(=O)NCCc2ccsc2)c1. The molecule has 0 bridgehead atoms. The molecule has 0 aliphatic rings. The van der Waals surface area contributed by atoms with E-state index in [0.717, 1.165) is 12.0 Å². The molecule has 0 aliphatic carbocycles. The van der Waals surface area contributed by atoms with Crippen LogP contribution in [-0.4, -0.2) is 12.5 Å². The molecule has 0 unspecified atom stereocenters. The number of carbonyl (C=O) groups excluding carboxylic acids is 1. The molecule has 1 aromatic heterocycles. The van der Waals surface area contributed by atoms with E-state index in [0.29, 0.717) is 18.7 Å². The summed E-state index contributed by atoms with van der Waals surface area (Å²) in [4.78, 5) is 11.7. The smallest absolute Gasteiger partial charge is 0.224 e. The average molecular weight is 260 g/mol. The zero-order valence-electron chi connectivity index (χ0n) is 10.1. The zero-order chi connectivity index (χ0) is 12.8. The highest BCUT2D eigenvalue weighted by Crippen LogP contribution is 2.07. The van der Waals surface area contributed by atoms with Gasteiger partial charge >= 0.3 is 0 Å². The van der Waals surface area contributed by atoms with Crippen molar-refractivity contribution in [2.24, 2.45) is 0 Å². The van der Waals surface area contributed by atoms with Crippen LogP contribution >= 0.6 is 11.3 Å². The van der Waals surface area contributed by atoms with E-state index in [1.165, 1.54) is 5.56 Å². The maximum Gasteiger partial charge on any atom is 0.224 e. The van der Waals surface area contributed by atoms with Crippen molar-refractivity contribution in [2.75, 3.05) is 12.3 Å². The minimum atomic E-state index is 0.0378. The van der Waals surface area contributed by atoms with Gasteiger partial charge in [0.1, 0.15) is 0 Å². The van der Waals surface area contributed by atoms with Crippen molar-refractivity contribution < 1.29 is 4.79 Å². The molecule has 0 saturated heterocycles. The summed E-state index contributed by atoms with van der Waals surface area (Å²) in [7, 11) is 0. The van der Waals surface area contributed by atoms with Gasteiger partial charge in [0.25, 0.3) is 0 Å². The molecular formula is C14H16N2OS. The number of nitrogens with one attached hydrogen (secondary N) is 1. The summed E-state index contributed by atoms with van der Waals surface area (Å²) in [5.41, 5.74) is 8.58. The summed E-state index contributed by atoms with van der Waals surface area (Å²) in [5.74, 6) is 0.0378. The number of amides is 1. The first-order valence-corrected chi connectivity index (χ1v) is 6.80. The fourth-order valence-electron chi connectivity index (χ4n) is 1.73. The van der Waals surface area contributed by atoms with Crippen molar-refractivity contribution in [3.63, 3.8) is 0 Å². The third-order valence-electron chi connectivity index (χ3n) is 2.63. The van der Waals surface area contributed by atoms with Crippen molar-refractivity contribution in [3.05, 3.63) is 52.2 Å². The molecule has 0 spiro atoms. The van der Waals surface area contributed by atoms with E-state index >= 15 is 0 Å². The van der Waals surface area contributed by atoms with E-state index in [1.807, 2.05) is 29.6 Å². The van der Waals surface area contributed by atoms with Crippen molar-refractivity contribution in [2.45, 2.75) is 12.8 Å². The van der Waals surface area contributed by atoms with Crippen molar-refractivity contribution in [1.29, 1.82) is 0 Å². The first-order chi connectivity index (χ1) is 8.74. The summed E-state index contributed by atoms with van der Waals surface area (Å²) in [6, 6.07) is 9.50. The van der Waals surface area contributed by atoms with Gasteiger partial charge in [-0.25, -0.2) is 0 Å². The number of nitrogens with two attached hydrogens (primary N) is 1. The number of hydrogen-bond acceptors (Lipinski definition) is 3. The maximum atomic E-state index is 11.7. The Morgan fingerprint density at radius 1 is 1.28 bits per heavy atom. The normalized spacial score (nSPS) is 10.2. The Labute approximate surface area is 111 Å². The van der Waals surface area contributed by atoms with Gasteiger partial charge in [0.05, 0.1) is 6.42 Å². The number of benzene rings is 1. The zero-order valence-corrected chi connectivity index (χ0v) is 10.9. The Kier molecular flexibility index (Phi) is 4.36. The van der Waals surface area contributed by atoms with Gasteiger partial charge < -0.3 is 11.1 Å². The highest BCUT2D eigenvalue weighted by molar-refractivity contribution is 7.07. The molecule has 2 rings (SSSR count). The van der Waals surface area contributed by atoms with Gasteiger partial charge in [0, 0.05) is 12.2 Å². The third-order valence-corrected chi connectivity index (χ3v) is 3.36. The van der Waals surface area contributed by atoms with E-state index in [4.69, 9.17) is 5.73 Å². The topological polar surface area (TPSA) is 55.1 Å². The summed E-state index contributed by atoms with van der Waals surface area (Å²) in [5, 5.41) is 7.06. The van der Waals surface area contributed by atoms with Gasteiger partial charge in [-0.3, -0.25) is 4.79 Å². The predicted molar refractivity (Wildman–Crippen MR) is 75.6 cm³/mol. The van der Waals surface area contributed by atoms with E-state index in [-0.39, 0.29) is 5.91 Å². The van der Waals surface area contributed by atoms with Crippen molar-refractivity contribution in [1.82, 2.24) is 5.32 Å². The third kappa shape index (κ3) is 3.89. The highest BCUT2D eigenvalue weighted by Gasteiger charge is 2.03. The highest BCUT2D eigenvalue weighted by atomic mass is 32.1. The number of carbonyl (C=O) groups is 1. The summed E-state index contributed by atoms with van der Waals surface area (Å²) < 4.78 is 0. The molecule has 0 atom stereocenters. The molecule has 3 nitrogen and oxygen atoms in total. The lowest BCUT2D eigenvalue weighted by atomic mass is 10.1. The van der Waals surface area contributed by atoms with Crippen LogP contribution in [0.25, 0.3) is 0 Å². The van der Waals surface area contributed by atoms with Crippen LogP contribution < -0.4 is 11.1 Å². The maximum absolute atomic E-state index is 11.7. The molecular weight excluding hydrogens is 244 g/mol. The number of anilines is 1. The van der Waals surface area contributed by atoms with Crippen molar-refractivity contribution in [3.8, 4) is 0 Å². The minimum absolute atomic E-state index is 0.0378. The fraction of sp³-hybridized carbons (Fsp3) is 0.214. The van der Waals surface area contributed by atoms with Gasteiger partial charge in [0.2, 0.25) is 5.91 Å². The van der Waals surface area contributed by atoms with Gasteiger partial charge in [-0.1, -0.05) is 12.1 Å². The molecule has 94 valence electrons. The fourth-order valence-corrected chi connectivity index (χ4v) is 2.44. The van der Waals surface area contributed by atoms with Crippen LogP contribution in [0.3, 0.4) is 0 Å². The van der Waals surface area contributed by atoms with Crippen LogP contribution in [0.4, 0.5) is 5.69 Å². The largest absolute Gasteiger partial charge is 0.399 e. The molecule has 0 radical (unpaired) electrons. The minimum Gasteiger partial charge on any atom is -0.399 e. The van der Waals surface area contributed by atoms with Crippen LogP contribution in [0.1, 0.15) is 11.1 Å². The lowest BCUT2D eigenvalue weighted by Gasteiger charge is -2.05. The van der Waals surface area contributed by atoms with E-state index in [2.05, 4.69) is 16.8 Å². The quantitative estimate of drug-likeness (QED) is 0.810.